The van der Waals surface area contributed by atoms with E-state index >= 15 is 0 Å². The Morgan fingerprint density at radius 2 is 2.00 bits per heavy atom. The van der Waals surface area contributed by atoms with Gasteiger partial charge in [-0.3, -0.25) is 14.3 Å². The molecular formula is C25H26FN2O6P. The first kappa shape index (κ1) is 25.0. The summed E-state index contributed by atoms with van der Waals surface area (Å²) in [5, 5.41) is 2.81. The molecule has 1 fully saturated rings. The molecule has 1 amide bonds. The number of nitrogens with one attached hydrogen (secondary N) is 1. The second kappa shape index (κ2) is 10.7. The zero-order chi connectivity index (χ0) is 25.0. The smallest absolute Gasteiger partial charge is 0.469 e. The van der Waals surface area contributed by atoms with Crippen LogP contribution in [0.15, 0.2) is 54.7 Å². The predicted molar refractivity (Wildman–Crippen MR) is 127 cm³/mol. The number of amides is 1. The third kappa shape index (κ3) is 6.96. The number of halogens is 1. The minimum absolute atomic E-state index is 0.132. The molecule has 10 heteroatoms. The van der Waals surface area contributed by atoms with Crippen molar-refractivity contribution in [2.75, 3.05) is 6.61 Å². The van der Waals surface area contributed by atoms with Gasteiger partial charge in [0.15, 0.2) is 0 Å². The van der Waals surface area contributed by atoms with Gasteiger partial charge in [0, 0.05) is 23.9 Å². The number of aryl methyl sites for hydroxylation is 1. The van der Waals surface area contributed by atoms with Crippen LogP contribution in [-0.2, 0) is 22.2 Å². The molecule has 35 heavy (non-hydrogen) atoms. The first-order chi connectivity index (χ1) is 16.7. The van der Waals surface area contributed by atoms with Crippen LogP contribution in [-0.4, -0.2) is 27.3 Å². The summed E-state index contributed by atoms with van der Waals surface area (Å²) in [6, 6.07) is 13.1. The monoisotopic (exact) mass is 500 g/mol. The minimum Gasteiger partial charge on any atom is -0.492 e. The minimum atomic E-state index is -4.67. The van der Waals surface area contributed by atoms with Crippen LogP contribution in [0.4, 0.5) is 4.39 Å². The SMILES string of the molecule is Cc1ccc(CNC(=O)c2cc(-c3ncccc3COP(=O)(O)O)ccc2OCC2CC2)cc1F. The van der Waals surface area contributed by atoms with E-state index < -0.39 is 13.7 Å². The molecule has 1 aliphatic carbocycles. The molecule has 3 aromatic rings. The first-order valence-electron chi connectivity index (χ1n) is 11.1. The molecule has 0 saturated heterocycles. The average molecular weight is 500 g/mol. The van der Waals surface area contributed by atoms with Crippen LogP contribution in [0.3, 0.4) is 0 Å². The molecule has 184 valence electrons. The Labute approximate surface area is 202 Å². The van der Waals surface area contributed by atoms with Gasteiger partial charge in [0.1, 0.15) is 11.6 Å². The number of ether oxygens (including phenoxy) is 1. The summed E-state index contributed by atoms with van der Waals surface area (Å²) in [5.74, 6) is 0.153. The standard InChI is InChI=1S/C25H26FN2O6P/c1-16-4-5-18(11-22(16)26)13-28-25(29)21-12-19(8-9-23(21)33-14-17-6-7-17)24-20(3-2-10-27-24)15-34-35(30,31)32/h2-5,8-12,17H,6-7,13-15H2,1H3,(H,28,29)(H2,30,31,32). The fraction of sp³-hybridized carbons (Fsp3) is 0.280. The number of hydrogen-bond donors (Lipinski definition) is 3. The molecule has 0 bridgehead atoms. The van der Waals surface area contributed by atoms with Crippen molar-refractivity contribution < 1.29 is 32.8 Å². The number of carbonyl (C=O) groups excluding carboxylic acids is 1. The molecule has 0 radical (unpaired) electrons. The highest BCUT2D eigenvalue weighted by molar-refractivity contribution is 7.46. The molecular weight excluding hydrogens is 474 g/mol. The molecule has 0 spiro atoms. The fourth-order valence-electron chi connectivity index (χ4n) is 3.47. The summed E-state index contributed by atoms with van der Waals surface area (Å²) < 4.78 is 35.6. The van der Waals surface area contributed by atoms with Gasteiger partial charge in [-0.2, -0.15) is 0 Å². The molecule has 2 aromatic carbocycles. The van der Waals surface area contributed by atoms with Crippen molar-refractivity contribution in [1.82, 2.24) is 10.3 Å². The Kier molecular flexibility index (Phi) is 7.62. The van der Waals surface area contributed by atoms with Crippen molar-refractivity contribution >= 4 is 13.7 Å². The van der Waals surface area contributed by atoms with Crippen LogP contribution in [0.25, 0.3) is 11.3 Å². The van der Waals surface area contributed by atoms with Gasteiger partial charge < -0.3 is 19.8 Å². The summed E-state index contributed by atoms with van der Waals surface area (Å²) >= 11 is 0. The van der Waals surface area contributed by atoms with Crippen LogP contribution < -0.4 is 10.1 Å². The maximum Gasteiger partial charge on any atom is 0.469 e. The van der Waals surface area contributed by atoms with Gasteiger partial charge in [0.25, 0.3) is 5.91 Å². The number of carbonyl (C=O) groups is 1. The van der Waals surface area contributed by atoms with Crippen LogP contribution in [0, 0.1) is 18.7 Å². The Hall–Kier alpha value is -3.10. The lowest BCUT2D eigenvalue weighted by atomic mass is 10.0. The van der Waals surface area contributed by atoms with E-state index in [1.807, 2.05) is 0 Å². The lowest BCUT2D eigenvalue weighted by molar-refractivity contribution is 0.0946. The molecule has 1 aromatic heterocycles. The van der Waals surface area contributed by atoms with E-state index in [0.717, 1.165) is 12.8 Å². The first-order valence-corrected chi connectivity index (χ1v) is 12.7. The van der Waals surface area contributed by atoms with E-state index in [1.165, 1.54) is 6.07 Å². The van der Waals surface area contributed by atoms with Gasteiger partial charge in [-0.1, -0.05) is 18.2 Å². The molecule has 1 aliphatic rings. The normalized spacial score (nSPS) is 13.5. The summed E-state index contributed by atoms with van der Waals surface area (Å²) in [4.78, 5) is 35.6. The number of benzene rings is 2. The number of phosphoric ester groups is 1. The highest BCUT2D eigenvalue weighted by Gasteiger charge is 2.24. The number of rotatable bonds is 10. The zero-order valence-electron chi connectivity index (χ0n) is 19.1. The molecule has 1 heterocycles. The lowest BCUT2D eigenvalue weighted by Crippen LogP contribution is -2.24. The molecule has 0 aliphatic heterocycles. The quantitative estimate of drug-likeness (QED) is 0.350. The van der Waals surface area contributed by atoms with Gasteiger partial charge in [-0.05, 0) is 67.1 Å². The number of phosphoric acid groups is 1. The summed E-state index contributed by atoms with van der Waals surface area (Å²) in [6.07, 6.45) is 3.73. The third-order valence-electron chi connectivity index (χ3n) is 5.64. The Morgan fingerprint density at radius 3 is 2.71 bits per heavy atom. The van der Waals surface area contributed by atoms with Gasteiger partial charge in [0.2, 0.25) is 0 Å². The Morgan fingerprint density at radius 1 is 1.20 bits per heavy atom. The number of aromatic nitrogens is 1. The maximum absolute atomic E-state index is 13.9. The highest BCUT2D eigenvalue weighted by atomic mass is 31.2. The fourth-order valence-corrected chi connectivity index (χ4v) is 3.77. The van der Waals surface area contributed by atoms with Crippen LogP contribution >= 0.6 is 7.82 Å². The number of nitrogens with zero attached hydrogens (tertiary/aromatic N) is 1. The van der Waals surface area contributed by atoms with Crippen molar-refractivity contribution in [3.63, 3.8) is 0 Å². The van der Waals surface area contributed by atoms with Crippen molar-refractivity contribution in [2.45, 2.75) is 32.9 Å². The summed E-state index contributed by atoms with van der Waals surface area (Å²) in [6.45, 7) is 1.96. The second-order valence-corrected chi connectivity index (χ2v) is 9.75. The van der Waals surface area contributed by atoms with Crippen LogP contribution in [0.2, 0.25) is 0 Å². The van der Waals surface area contributed by atoms with E-state index in [-0.39, 0.29) is 24.5 Å². The average Bonchev–Trinajstić information content (AvgIpc) is 3.66. The topological polar surface area (TPSA) is 118 Å². The zero-order valence-corrected chi connectivity index (χ0v) is 20.0. The van der Waals surface area contributed by atoms with E-state index in [1.54, 1.807) is 55.6 Å². The molecule has 1 saturated carbocycles. The van der Waals surface area contributed by atoms with E-state index in [2.05, 4.69) is 14.8 Å². The van der Waals surface area contributed by atoms with Crippen LogP contribution in [0.1, 0.15) is 39.9 Å². The van der Waals surface area contributed by atoms with Crippen LogP contribution in [0.5, 0.6) is 5.75 Å². The molecule has 0 atom stereocenters. The molecule has 4 rings (SSSR count). The molecule has 3 N–H and O–H groups in total. The van der Waals surface area contributed by atoms with E-state index in [0.29, 0.717) is 46.2 Å². The summed E-state index contributed by atoms with van der Waals surface area (Å²) in [5.41, 5.74) is 2.86. The Balaban J connectivity index is 1.60. The second-order valence-electron chi connectivity index (χ2n) is 8.51. The van der Waals surface area contributed by atoms with Crippen molar-refractivity contribution in [1.29, 1.82) is 0 Å². The molecule has 8 nitrogen and oxygen atoms in total. The van der Waals surface area contributed by atoms with Gasteiger partial charge >= 0.3 is 7.82 Å². The van der Waals surface area contributed by atoms with Crippen molar-refractivity contribution in [3.05, 3.63) is 82.8 Å². The summed E-state index contributed by atoms with van der Waals surface area (Å²) in [7, 11) is -4.67. The number of hydrogen-bond acceptors (Lipinski definition) is 5. The molecule has 0 unspecified atom stereocenters. The van der Waals surface area contributed by atoms with E-state index in [4.69, 9.17) is 14.5 Å². The number of pyridine rings is 1. The lowest BCUT2D eigenvalue weighted by Gasteiger charge is -2.15. The van der Waals surface area contributed by atoms with Crippen molar-refractivity contribution in [2.24, 2.45) is 5.92 Å². The predicted octanol–water partition coefficient (Wildman–Crippen LogP) is 4.52. The van der Waals surface area contributed by atoms with Crippen molar-refractivity contribution in [3.8, 4) is 17.0 Å². The maximum atomic E-state index is 13.9. The largest absolute Gasteiger partial charge is 0.492 e. The van der Waals surface area contributed by atoms with Gasteiger partial charge in [-0.25, -0.2) is 8.96 Å². The van der Waals surface area contributed by atoms with Gasteiger partial charge in [0.05, 0.1) is 24.5 Å². The third-order valence-corrected chi connectivity index (χ3v) is 6.10. The Bertz CT molecular complexity index is 1270. The highest BCUT2D eigenvalue weighted by Crippen LogP contribution is 2.38. The van der Waals surface area contributed by atoms with Gasteiger partial charge in [-0.15, -0.1) is 0 Å². The van der Waals surface area contributed by atoms with E-state index in [9.17, 15) is 13.8 Å².